The van der Waals surface area contributed by atoms with Crippen molar-refractivity contribution >= 4 is 22.0 Å². The molecule has 0 spiro atoms. The molecule has 5 nitrogen and oxygen atoms in total. The van der Waals surface area contributed by atoms with Crippen LogP contribution < -0.4 is 4.74 Å². The van der Waals surface area contributed by atoms with Crippen LogP contribution in [0.3, 0.4) is 0 Å². The highest BCUT2D eigenvalue weighted by Crippen LogP contribution is 2.15. The van der Waals surface area contributed by atoms with E-state index in [1.165, 1.54) is 0 Å². The van der Waals surface area contributed by atoms with E-state index in [1.807, 2.05) is 0 Å². The molecular weight excluding hydrogens is 288 g/mol. The second-order valence-corrected chi connectivity index (χ2v) is 4.70. The molecule has 1 aromatic heterocycles. The Kier molecular flexibility index (Phi) is 3.96. The summed E-state index contributed by atoms with van der Waals surface area (Å²) >= 11 is 3.21. The summed E-state index contributed by atoms with van der Waals surface area (Å²) in [6.07, 6.45) is 0.479. The number of rotatable bonds is 1. The lowest BCUT2D eigenvalue weighted by Crippen LogP contribution is -2.41. The third-order valence-corrected chi connectivity index (χ3v) is 3.05. The molecule has 2 rings (SSSR count). The van der Waals surface area contributed by atoms with Crippen LogP contribution >= 0.6 is 15.9 Å². The van der Waals surface area contributed by atoms with Gasteiger partial charge in [-0.2, -0.15) is 0 Å². The molecule has 1 aromatic rings. The first kappa shape index (κ1) is 12.3. The predicted octanol–water partition coefficient (Wildman–Crippen LogP) is 1.80. The Morgan fingerprint density at radius 1 is 1.47 bits per heavy atom. The maximum Gasteiger partial charge on any atom is 0.416 e. The number of pyridine rings is 1. The topological polar surface area (TPSA) is 62.7 Å². The van der Waals surface area contributed by atoms with E-state index >= 15 is 0 Å². The number of aliphatic hydroxyl groups is 1. The van der Waals surface area contributed by atoms with Crippen molar-refractivity contribution < 1.29 is 14.6 Å². The summed E-state index contributed by atoms with van der Waals surface area (Å²) < 4.78 is 5.76. The maximum absolute atomic E-state index is 11.8. The third kappa shape index (κ3) is 3.41. The van der Waals surface area contributed by atoms with Crippen LogP contribution in [-0.4, -0.2) is 40.3 Å². The monoisotopic (exact) mass is 300 g/mol. The van der Waals surface area contributed by atoms with Crippen molar-refractivity contribution in [2.75, 3.05) is 13.1 Å². The molecule has 1 amide bonds. The van der Waals surface area contributed by atoms with Gasteiger partial charge in [-0.25, -0.2) is 9.78 Å². The zero-order valence-corrected chi connectivity index (χ0v) is 10.8. The average Bonchev–Trinajstić information content (AvgIpc) is 2.29. The van der Waals surface area contributed by atoms with Gasteiger partial charge in [-0.15, -0.1) is 0 Å². The van der Waals surface area contributed by atoms with E-state index in [-0.39, 0.29) is 12.0 Å². The van der Waals surface area contributed by atoms with E-state index in [1.54, 1.807) is 23.1 Å². The van der Waals surface area contributed by atoms with Crippen LogP contribution in [0.15, 0.2) is 22.8 Å². The number of aromatic nitrogens is 1. The van der Waals surface area contributed by atoms with E-state index in [0.29, 0.717) is 30.5 Å². The van der Waals surface area contributed by atoms with Crippen LogP contribution in [0.25, 0.3) is 0 Å². The van der Waals surface area contributed by atoms with E-state index in [2.05, 4.69) is 20.9 Å². The van der Waals surface area contributed by atoms with Gasteiger partial charge in [0, 0.05) is 19.2 Å². The lowest BCUT2D eigenvalue weighted by molar-refractivity contribution is 0.0792. The fraction of sp³-hybridized carbons (Fsp3) is 0.455. The van der Waals surface area contributed by atoms with Crippen molar-refractivity contribution in [1.29, 1.82) is 0 Å². The van der Waals surface area contributed by atoms with Crippen LogP contribution in [0.2, 0.25) is 0 Å². The Morgan fingerprint density at radius 3 is 2.82 bits per heavy atom. The predicted molar refractivity (Wildman–Crippen MR) is 64.8 cm³/mol. The summed E-state index contributed by atoms with van der Waals surface area (Å²) in [5.74, 6) is 0.274. The largest absolute Gasteiger partial charge is 0.416 e. The summed E-state index contributed by atoms with van der Waals surface area (Å²) in [5, 5.41) is 9.34. The first-order valence-corrected chi connectivity index (χ1v) is 6.22. The fourth-order valence-corrected chi connectivity index (χ4v) is 1.98. The van der Waals surface area contributed by atoms with Crippen molar-refractivity contribution in [3.8, 4) is 5.88 Å². The molecule has 0 bridgehead atoms. The molecule has 0 radical (unpaired) electrons. The number of amides is 1. The molecule has 1 saturated heterocycles. The SMILES string of the molecule is O=C(Oc1cccc(Br)n1)N1CCC(O)CC1. The van der Waals surface area contributed by atoms with Crippen molar-refractivity contribution in [3.63, 3.8) is 0 Å². The van der Waals surface area contributed by atoms with Crippen LogP contribution in [0.4, 0.5) is 4.79 Å². The Labute approximate surface area is 108 Å². The van der Waals surface area contributed by atoms with Crippen LogP contribution in [0.5, 0.6) is 5.88 Å². The molecule has 0 unspecified atom stereocenters. The Bertz CT molecular complexity index is 405. The van der Waals surface area contributed by atoms with Gasteiger partial charge in [0.05, 0.1) is 6.10 Å². The minimum absolute atomic E-state index is 0.274. The number of nitrogens with zero attached hydrogens (tertiary/aromatic N) is 2. The first-order valence-electron chi connectivity index (χ1n) is 5.42. The molecule has 0 atom stereocenters. The minimum atomic E-state index is -0.414. The zero-order valence-electron chi connectivity index (χ0n) is 9.17. The first-order chi connectivity index (χ1) is 8.15. The van der Waals surface area contributed by atoms with Gasteiger partial charge in [0.1, 0.15) is 4.60 Å². The van der Waals surface area contributed by atoms with Crippen LogP contribution in [0, 0.1) is 0 Å². The Morgan fingerprint density at radius 2 is 2.18 bits per heavy atom. The minimum Gasteiger partial charge on any atom is -0.393 e. The van der Waals surface area contributed by atoms with Gasteiger partial charge in [0.15, 0.2) is 0 Å². The molecule has 0 aromatic carbocycles. The standard InChI is InChI=1S/C11H13BrN2O3/c12-9-2-1-3-10(13-9)17-11(16)14-6-4-8(15)5-7-14/h1-3,8,15H,4-7H2. The van der Waals surface area contributed by atoms with Crippen molar-refractivity contribution in [2.24, 2.45) is 0 Å². The lowest BCUT2D eigenvalue weighted by Gasteiger charge is -2.28. The highest BCUT2D eigenvalue weighted by Gasteiger charge is 2.22. The van der Waals surface area contributed by atoms with Gasteiger partial charge in [-0.05, 0) is 34.8 Å². The second-order valence-electron chi connectivity index (χ2n) is 3.88. The van der Waals surface area contributed by atoms with Gasteiger partial charge in [0.2, 0.25) is 5.88 Å². The summed E-state index contributed by atoms with van der Waals surface area (Å²) in [6.45, 7) is 1.04. The number of carbonyl (C=O) groups excluding carboxylic acids is 1. The summed E-state index contributed by atoms with van der Waals surface area (Å²) in [6, 6.07) is 5.13. The quantitative estimate of drug-likeness (QED) is 0.803. The highest BCUT2D eigenvalue weighted by atomic mass is 79.9. The average molecular weight is 301 g/mol. The number of piperidine rings is 1. The van der Waals surface area contributed by atoms with Crippen LogP contribution in [-0.2, 0) is 0 Å². The zero-order chi connectivity index (χ0) is 12.3. The molecule has 1 N–H and O–H groups in total. The molecule has 1 fully saturated rings. The maximum atomic E-state index is 11.8. The van der Waals surface area contributed by atoms with Crippen molar-refractivity contribution in [2.45, 2.75) is 18.9 Å². The van der Waals surface area contributed by atoms with Gasteiger partial charge in [-0.1, -0.05) is 6.07 Å². The van der Waals surface area contributed by atoms with E-state index < -0.39 is 6.09 Å². The highest BCUT2D eigenvalue weighted by molar-refractivity contribution is 9.10. The molecule has 0 aliphatic carbocycles. The Hall–Kier alpha value is -1.14. The molecule has 1 aliphatic heterocycles. The van der Waals surface area contributed by atoms with E-state index in [9.17, 15) is 9.90 Å². The number of carbonyl (C=O) groups is 1. The summed E-state index contributed by atoms with van der Waals surface area (Å²) in [7, 11) is 0. The van der Waals surface area contributed by atoms with Gasteiger partial charge in [-0.3, -0.25) is 0 Å². The van der Waals surface area contributed by atoms with Gasteiger partial charge < -0.3 is 14.7 Å². The van der Waals surface area contributed by atoms with Crippen molar-refractivity contribution in [1.82, 2.24) is 9.88 Å². The van der Waals surface area contributed by atoms with Gasteiger partial charge in [0.25, 0.3) is 0 Å². The number of ether oxygens (including phenoxy) is 1. The van der Waals surface area contributed by atoms with E-state index in [0.717, 1.165) is 0 Å². The molecular formula is C11H13BrN2O3. The number of hydrogen-bond acceptors (Lipinski definition) is 4. The number of likely N-dealkylation sites (tertiary alicyclic amines) is 1. The fourth-order valence-electron chi connectivity index (χ4n) is 1.65. The van der Waals surface area contributed by atoms with Crippen molar-refractivity contribution in [3.05, 3.63) is 22.8 Å². The molecule has 92 valence electrons. The lowest BCUT2D eigenvalue weighted by atomic mass is 10.1. The normalized spacial score (nSPS) is 16.9. The van der Waals surface area contributed by atoms with Gasteiger partial charge >= 0.3 is 6.09 Å². The second kappa shape index (κ2) is 5.46. The summed E-state index contributed by atoms with van der Waals surface area (Å²) in [5.41, 5.74) is 0. The smallest absolute Gasteiger partial charge is 0.393 e. The molecule has 17 heavy (non-hydrogen) atoms. The molecule has 0 saturated carbocycles. The number of halogens is 1. The molecule has 2 heterocycles. The van der Waals surface area contributed by atoms with E-state index in [4.69, 9.17) is 4.74 Å². The number of aliphatic hydroxyl groups excluding tert-OH is 1. The van der Waals surface area contributed by atoms with Crippen LogP contribution in [0.1, 0.15) is 12.8 Å². The summed E-state index contributed by atoms with van der Waals surface area (Å²) in [4.78, 5) is 17.4. The molecule has 6 heteroatoms. The molecule has 1 aliphatic rings. The third-order valence-electron chi connectivity index (χ3n) is 2.60. The number of hydrogen-bond donors (Lipinski definition) is 1. The Balaban J connectivity index is 1.93.